The molecule has 0 aromatic heterocycles. The van der Waals surface area contributed by atoms with E-state index in [9.17, 15) is 4.39 Å². The molecule has 0 saturated heterocycles. The predicted octanol–water partition coefficient (Wildman–Crippen LogP) is 2.44. The molecule has 3 nitrogen and oxygen atoms in total. The molecule has 0 amide bonds. The van der Waals surface area contributed by atoms with Crippen LogP contribution in [0.2, 0.25) is 0 Å². The summed E-state index contributed by atoms with van der Waals surface area (Å²) in [4.78, 5) is 0. The van der Waals surface area contributed by atoms with Crippen molar-refractivity contribution in [2.24, 2.45) is 5.73 Å². The molecule has 0 heterocycles. The maximum atomic E-state index is 13.8. The van der Waals surface area contributed by atoms with Crippen LogP contribution in [0, 0.1) is 5.82 Å². The quantitative estimate of drug-likeness (QED) is 0.712. The Bertz CT molecular complexity index is 394. The lowest BCUT2D eigenvalue weighted by atomic mass is 9.84. The zero-order valence-corrected chi connectivity index (χ0v) is 12.1. The van der Waals surface area contributed by atoms with Gasteiger partial charge in [0.1, 0.15) is 0 Å². The Labute approximate surface area is 115 Å². The van der Waals surface area contributed by atoms with E-state index in [2.05, 4.69) is 19.2 Å². The second-order valence-electron chi connectivity index (χ2n) is 5.28. The van der Waals surface area contributed by atoms with Crippen LogP contribution in [0.25, 0.3) is 0 Å². The number of halogens is 1. The van der Waals surface area contributed by atoms with Crippen LogP contribution in [0.5, 0.6) is 5.75 Å². The van der Waals surface area contributed by atoms with Gasteiger partial charge in [0.25, 0.3) is 0 Å². The van der Waals surface area contributed by atoms with Crippen LogP contribution in [-0.4, -0.2) is 26.2 Å². The van der Waals surface area contributed by atoms with E-state index in [1.807, 2.05) is 13.0 Å². The first-order chi connectivity index (χ1) is 9.01. The Morgan fingerprint density at radius 2 is 2.11 bits per heavy atom. The average Bonchev–Trinajstić information content (AvgIpc) is 2.37. The summed E-state index contributed by atoms with van der Waals surface area (Å²) in [5, 5.41) is 3.35. The molecule has 0 spiro atoms. The van der Waals surface area contributed by atoms with Gasteiger partial charge in [-0.15, -0.1) is 0 Å². The lowest BCUT2D eigenvalue weighted by molar-refractivity contribution is 0.320. The third-order valence-electron chi connectivity index (χ3n) is 3.14. The van der Waals surface area contributed by atoms with Gasteiger partial charge in [0, 0.05) is 12.0 Å². The Morgan fingerprint density at radius 3 is 2.68 bits per heavy atom. The lowest BCUT2D eigenvalue weighted by Crippen LogP contribution is -2.34. The Kier molecular flexibility index (Phi) is 6.25. The molecule has 4 heteroatoms. The van der Waals surface area contributed by atoms with Gasteiger partial charge in [-0.05, 0) is 44.1 Å². The van der Waals surface area contributed by atoms with Crippen molar-refractivity contribution < 1.29 is 9.13 Å². The molecule has 0 unspecified atom stereocenters. The molecular weight excluding hydrogens is 243 g/mol. The molecule has 1 aromatic rings. The molecule has 3 N–H and O–H groups in total. The molecule has 1 rings (SSSR count). The van der Waals surface area contributed by atoms with Crippen LogP contribution < -0.4 is 15.8 Å². The summed E-state index contributed by atoms with van der Waals surface area (Å²) in [6.07, 6.45) is 0.952. The second kappa shape index (κ2) is 7.46. The number of ether oxygens (including phenoxy) is 1. The fourth-order valence-corrected chi connectivity index (χ4v) is 1.92. The first kappa shape index (κ1) is 15.9. The summed E-state index contributed by atoms with van der Waals surface area (Å²) in [5.41, 5.74) is 6.29. The van der Waals surface area contributed by atoms with Gasteiger partial charge < -0.3 is 15.8 Å². The Morgan fingerprint density at radius 1 is 1.37 bits per heavy atom. The summed E-state index contributed by atoms with van der Waals surface area (Å²) in [6.45, 7) is 8.87. The Hall–Kier alpha value is -1.13. The highest BCUT2D eigenvalue weighted by molar-refractivity contribution is 5.33. The summed E-state index contributed by atoms with van der Waals surface area (Å²) in [7, 11) is 0. The zero-order chi connectivity index (χ0) is 14.3. The summed E-state index contributed by atoms with van der Waals surface area (Å²) in [6, 6.07) is 5.20. The molecule has 0 aliphatic heterocycles. The largest absolute Gasteiger partial charge is 0.491 e. The molecule has 0 fully saturated rings. The standard InChI is InChI=1S/C15H25FN2O/c1-4-19-14-7-6-12(10-13(14)16)15(2,3)11-18-9-5-8-17/h6-7,10,18H,4-5,8-9,11,17H2,1-3H3. The van der Waals surface area contributed by atoms with Gasteiger partial charge in [0.15, 0.2) is 11.6 Å². The van der Waals surface area contributed by atoms with E-state index in [1.54, 1.807) is 12.1 Å². The highest BCUT2D eigenvalue weighted by Crippen LogP contribution is 2.27. The van der Waals surface area contributed by atoms with Crippen LogP contribution in [0.1, 0.15) is 32.8 Å². The predicted molar refractivity (Wildman–Crippen MR) is 77.1 cm³/mol. The smallest absolute Gasteiger partial charge is 0.165 e. The number of nitrogens with two attached hydrogens (primary N) is 1. The van der Waals surface area contributed by atoms with Crippen molar-refractivity contribution >= 4 is 0 Å². The van der Waals surface area contributed by atoms with Crippen molar-refractivity contribution in [3.05, 3.63) is 29.6 Å². The van der Waals surface area contributed by atoms with Crippen molar-refractivity contribution in [3.63, 3.8) is 0 Å². The monoisotopic (exact) mass is 268 g/mol. The number of rotatable bonds is 8. The average molecular weight is 268 g/mol. The zero-order valence-electron chi connectivity index (χ0n) is 12.1. The van der Waals surface area contributed by atoms with Gasteiger partial charge >= 0.3 is 0 Å². The molecule has 0 radical (unpaired) electrons. The minimum absolute atomic E-state index is 0.125. The van der Waals surface area contributed by atoms with E-state index < -0.39 is 0 Å². The van der Waals surface area contributed by atoms with Crippen LogP contribution >= 0.6 is 0 Å². The molecule has 19 heavy (non-hydrogen) atoms. The van der Waals surface area contributed by atoms with E-state index in [-0.39, 0.29) is 11.2 Å². The highest BCUT2D eigenvalue weighted by atomic mass is 19.1. The maximum absolute atomic E-state index is 13.8. The van der Waals surface area contributed by atoms with E-state index in [4.69, 9.17) is 10.5 Å². The van der Waals surface area contributed by atoms with Gasteiger partial charge in [0.2, 0.25) is 0 Å². The number of hydrogen-bond donors (Lipinski definition) is 2. The van der Waals surface area contributed by atoms with E-state index in [0.717, 1.165) is 25.1 Å². The number of hydrogen-bond acceptors (Lipinski definition) is 3. The van der Waals surface area contributed by atoms with Gasteiger partial charge in [-0.2, -0.15) is 0 Å². The molecule has 0 bridgehead atoms. The molecule has 108 valence electrons. The van der Waals surface area contributed by atoms with E-state index in [1.165, 1.54) is 0 Å². The third-order valence-corrected chi connectivity index (χ3v) is 3.14. The second-order valence-corrected chi connectivity index (χ2v) is 5.28. The van der Waals surface area contributed by atoms with Crippen molar-refractivity contribution in [1.29, 1.82) is 0 Å². The first-order valence-electron chi connectivity index (χ1n) is 6.85. The minimum atomic E-state index is -0.297. The number of nitrogens with one attached hydrogen (secondary N) is 1. The van der Waals surface area contributed by atoms with Crippen LogP contribution in [0.15, 0.2) is 18.2 Å². The van der Waals surface area contributed by atoms with Crippen molar-refractivity contribution in [2.45, 2.75) is 32.6 Å². The third kappa shape index (κ3) is 4.80. The SMILES string of the molecule is CCOc1ccc(C(C)(C)CNCCCN)cc1F. The van der Waals surface area contributed by atoms with Crippen LogP contribution in [-0.2, 0) is 5.41 Å². The molecular formula is C15H25FN2O. The van der Waals surface area contributed by atoms with E-state index >= 15 is 0 Å². The van der Waals surface area contributed by atoms with Crippen molar-refractivity contribution in [1.82, 2.24) is 5.32 Å². The molecule has 0 aliphatic rings. The molecule has 0 saturated carbocycles. The fraction of sp³-hybridized carbons (Fsp3) is 0.600. The van der Waals surface area contributed by atoms with Crippen LogP contribution in [0.4, 0.5) is 4.39 Å². The topological polar surface area (TPSA) is 47.3 Å². The van der Waals surface area contributed by atoms with Gasteiger partial charge in [-0.25, -0.2) is 4.39 Å². The molecule has 0 atom stereocenters. The highest BCUT2D eigenvalue weighted by Gasteiger charge is 2.21. The normalized spacial score (nSPS) is 11.6. The van der Waals surface area contributed by atoms with E-state index in [0.29, 0.717) is 18.9 Å². The summed E-state index contributed by atoms with van der Waals surface area (Å²) in [5.74, 6) is 0.0209. The minimum Gasteiger partial charge on any atom is -0.491 e. The lowest BCUT2D eigenvalue weighted by Gasteiger charge is -2.26. The first-order valence-corrected chi connectivity index (χ1v) is 6.85. The van der Waals surface area contributed by atoms with Crippen molar-refractivity contribution in [2.75, 3.05) is 26.2 Å². The molecule has 1 aromatic carbocycles. The number of benzene rings is 1. The van der Waals surface area contributed by atoms with Crippen molar-refractivity contribution in [3.8, 4) is 5.75 Å². The van der Waals surface area contributed by atoms with Gasteiger partial charge in [-0.1, -0.05) is 19.9 Å². The van der Waals surface area contributed by atoms with Gasteiger partial charge in [-0.3, -0.25) is 0 Å². The maximum Gasteiger partial charge on any atom is 0.165 e. The molecule has 0 aliphatic carbocycles. The fourth-order valence-electron chi connectivity index (χ4n) is 1.92. The van der Waals surface area contributed by atoms with Gasteiger partial charge in [0.05, 0.1) is 6.61 Å². The Balaban J connectivity index is 2.69. The summed E-state index contributed by atoms with van der Waals surface area (Å²) < 4.78 is 19.1. The summed E-state index contributed by atoms with van der Waals surface area (Å²) >= 11 is 0. The van der Waals surface area contributed by atoms with Crippen LogP contribution in [0.3, 0.4) is 0 Å².